The molecule has 0 fully saturated rings. The van der Waals surface area contributed by atoms with Gasteiger partial charge in [-0.1, -0.05) is 29.4 Å². The first-order valence-corrected chi connectivity index (χ1v) is 5.23. The average Bonchev–Trinajstić information content (AvgIpc) is 2.30. The molecule has 1 aromatic carbocycles. The molecule has 18 heavy (non-hydrogen) atoms. The van der Waals surface area contributed by atoms with E-state index in [0.29, 0.717) is 0 Å². The summed E-state index contributed by atoms with van der Waals surface area (Å²) in [4.78, 5) is 10.9. The summed E-state index contributed by atoms with van der Waals surface area (Å²) >= 11 is 0. The predicted molar refractivity (Wildman–Crippen MR) is 59.8 cm³/mol. The summed E-state index contributed by atoms with van der Waals surface area (Å²) in [6.45, 7) is 1.82. The number of aryl methyl sites for hydroxylation is 2. The third-order valence-electron chi connectivity index (χ3n) is 2.53. The van der Waals surface area contributed by atoms with Crippen LogP contribution in [0.4, 0.5) is 13.2 Å². The Kier molecular flexibility index (Phi) is 4.47. The number of nitrogens with zero attached hydrogens (tertiary/aromatic N) is 1. The number of Topliss-reactive ketones (excluding diaryl/α,β-unsaturated/α-hetero) is 1. The molecule has 0 aliphatic heterocycles. The minimum Gasteiger partial charge on any atom is -0.411 e. The average molecular weight is 259 g/mol. The first-order valence-electron chi connectivity index (χ1n) is 5.23. The van der Waals surface area contributed by atoms with Crippen LogP contribution in [0.5, 0.6) is 0 Å². The number of ketones is 1. The lowest BCUT2D eigenvalue weighted by atomic mass is 10.0. The number of hydrogen-bond donors (Lipinski definition) is 1. The van der Waals surface area contributed by atoms with Crippen molar-refractivity contribution in [3.05, 3.63) is 35.4 Å². The highest BCUT2D eigenvalue weighted by Crippen LogP contribution is 2.19. The third-order valence-corrected chi connectivity index (χ3v) is 2.53. The molecule has 0 radical (unpaired) electrons. The molecule has 98 valence electrons. The van der Waals surface area contributed by atoms with Crippen molar-refractivity contribution in [1.82, 2.24) is 0 Å². The lowest BCUT2D eigenvalue weighted by Crippen LogP contribution is -2.31. The minimum atomic E-state index is -5.01. The van der Waals surface area contributed by atoms with Crippen molar-refractivity contribution in [2.75, 3.05) is 0 Å². The van der Waals surface area contributed by atoms with Crippen molar-refractivity contribution in [3.8, 4) is 0 Å². The van der Waals surface area contributed by atoms with Crippen LogP contribution in [0.2, 0.25) is 0 Å². The van der Waals surface area contributed by atoms with Crippen molar-refractivity contribution >= 4 is 11.5 Å². The Hall–Kier alpha value is -1.85. The monoisotopic (exact) mass is 259 g/mol. The van der Waals surface area contributed by atoms with Gasteiger partial charge >= 0.3 is 6.18 Å². The van der Waals surface area contributed by atoms with E-state index in [1.807, 2.05) is 13.0 Å². The van der Waals surface area contributed by atoms with Gasteiger partial charge in [-0.25, -0.2) is 0 Å². The number of oxime groups is 1. The molecular weight excluding hydrogens is 247 g/mol. The van der Waals surface area contributed by atoms with Crippen LogP contribution in [0, 0.1) is 6.92 Å². The summed E-state index contributed by atoms with van der Waals surface area (Å²) in [6.07, 6.45) is -5.04. The number of rotatable bonds is 4. The predicted octanol–water partition coefficient (Wildman–Crippen LogP) is 2.89. The highest BCUT2D eigenvalue weighted by atomic mass is 19.4. The molecule has 0 saturated carbocycles. The van der Waals surface area contributed by atoms with E-state index >= 15 is 0 Å². The van der Waals surface area contributed by atoms with E-state index in [1.54, 1.807) is 18.2 Å². The molecule has 1 N–H and O–H groups in total. The van der Waals surface area contributed by atoms with Gasteiger partial charge in [0.05, 0.1) is 0 Å². The largest absolute Gasteiger partial charge is 0.456 e. The van der Waals surface area contributed by atoms with E-state index in [9.17, 15) is 18.0 Å². The molecule has 0 unspecified atom stereocenters. The summed E-state index contributed by atoms with van der Waals surface area (Å²) in [5.41, 5.74) is 0.855. The van der Waals surface area contributed by atoms with Gasteiger partial charge < -0.3 is 5.21 Å². The topological polar surface area (TPSA) is 49.7 Å². The SMILES string of the molecule is Cc1ccccc1CC/C(=N/O)C(=O)C(F)(F)F. The molecule has 1 aromatic rings. The summed E-state index contributed by atoms with van der Waals surface area (Å²) < 4.78 is 36.4. The van der Waals surface area contributed by atoms with Crippen LogP contribution in [0.3, 0.4) is 0 Å². The summed E-state index contributed by atoms with van der Waals surface area (Å²) in [7, 11) is 0. The number of hydrogen-bond acceptors (Lipinski definition) is 3. The third kappa shape index (κ3) is 3.58. The molecule has 0 bridgehead atoms. The Morgan fingerprint density at radius 1 is 1.33 bits per heavy atom. The zero-order valence-corrected chi connectivity index (χ0v) is 9.66. The Morgan fingerprint density at radius 3 is 2.44 bits per heavy atom. The normalized spacial score (nSPS) is 12.6. The second-order valence-electron chi connectivity index (χ2n) is 3.80. The van der Waals surface area contributed by atoms with Crippen LogP contribution in [0.25, 0.3) is 0 Å². The van der Waals surface area contributed by atoms with Gasteiger partial charge in [0.15, 0.2) is 0 Å². The van der Waals surface area contributed by atoms with Crippen molar-refractivity contribution < 1.29 is 23.2 Å². The molecule has 0 aromatic heterocycles. The fourth-order valence-corrected chi connectivity index (χ4v) is 1.52. The fraction of sp³-hybridized carbons (Fsp3) is 0.333. The number of halogens is 3. The highest BCUT2D eigenvalue weighted by Gasteiger charge is 2.41. The first-order chi connectivity index (χ1) is 8.36. The molecule has 1 rings (SSSR count). The van der Waals surface area contributed by atoms with Gasteiger partial charge in [0, 0.05) is 6.42 Å². The smallest absolute Gasteiger partial charge is 0.411 e. The number of alkyl halides is 3. The molecule has 0 spiro atoms. The zero-order chi connectivity index (χ0) is 13.8. The van der Waals surface area contributed by atoms with Gasteiger partial charge in [-0.15, -0.1) is 0 Å². The van der Waals surface area contributed by atoms with E-state index in [1.165, 1.54) is 0 Å². The molecule has 0 amide bonds. The molecular formula is C12H12F3NO2. The lowest BCUT2D eigenvalue weighted by molar-refractivity contribution is -0.163. The Balaban J connectivity index is 2.73. The highest BCUT2D eigenvalue weighted by molar-refractivity contribution is 6.41. The fourth-order valence-electron chi connectivity index (χ4n) is 1.52. The van der Waals surface area contributed by atoms with E-state index in [-0.39, 0.29) is 12.8 Å². The standard InChI is InChI=1S/C12H12F3NO2/c1-8-4-2-3-5-9(8)6-7-10(16-18)11(17)12(13,14)15/h2-5,18H,6-7H2,1H3/b16-10-. The van der Waals surface area contributed by atoms with Gasteiger partial charge in [0.2, 0.25) is 0 Å². The van der Waals surface area contributed by atoms with Gasteiger partial charge in [0.25, 0.3) is 5.78 Å². The maximum absolute atomic E-state index is 12.1. The van der Waals surface area contributed by atoms with Crippen molar-refractivity contribution in [2.24, 2.45) is 5.16 Å². The second kappa shape index (κ2) is 5.66. The first kappa shape index (κ1) is 14.2. The van der Waals surface area contributed by atoms with Crippen molar-refractivity contribution in [1.29, 1.82) is 0 Å². The summed E-state index contributed by atoms with van der Waals surface area (Å²) in [5, 5.41) is 10.9. The van der Waals surface area contributed by atoms with E-state index < -0.39 is 17.7 Å². The van der Waals surface area contributed by atoms with Crippen molar-refractivity contribution in [3.63, 3.8) is 0 Å². The maximum atomic E-state index is 12.1. The van der Waals surface area contributed by atoms with Crippen LogP contribution in [0.1, 0.15) is 17.5 Å². The number of carbonyl (C=O) groups is 1. The van der Waals surface area contributed by atoms with Crippen LogP contribution in [-0.2, 0) is 11.2 Å². The molecule has 6 heteroatoms. The molecule has 0 atom stereocenters. The summed E-state index contributed by atoms with van der Waals surface area (Å²) in [5.74, 6) is -2.10. The number of benzene rings is 1. The van der Waals surface area contributed by atoms with Gasteiger partial charge in [-0.2, -0.15) is 13.2 Å². The van der Waals surface area contributed by atoms with E-state index in [4.69, 9.17) is 5.21 Å². The molecule has 3 nitrogen and oxygen atoms in total. The molecule has 0 aliphatic rings. The lowest BCUT2D eigenvalue weighted by Gasteiger charge is -2.08. The van der Waals surface area contributed by atoms with E-state index in [0.717, 1.165) is 11.1 Å². The Labute approximate surface area is 102 Å². The number of carbonyl (C=O) groups excluding carboxylic acids is 1. The summed E-state index contributed by atoms with van der Waals surface area (Å²) in [6, 6.07) is 7.13. The second-order valence-corrected chi connectivity index (χ2v) is 3.80. The minimum absolute atomic E-state index is 0.216. The van der Waals surface area contributed by atoms with Crippen LogP contribution < -0.4 is 0 Å². The van der Waals surface area contributed by atoms with Gasteiger partial charge in [-0.3, -0.25) is 4.79 Å². The van der Waals surface area contributed by atoms with Gasteiger partial charge in [0.1, 0.15) is 5.71 Å². The Morgan fingerprint density at radius 2 is 1.94 bits per heavy atom. The van der Waals surface area contributed by atoms with Gasteiger partial charge in [-0.05, 0) is 24.5 Å². The zero-order valence-electron chi connectivity index (χ0n) is 9.66. The van der Waals surface area contributed by atoms with Crippen molar-refractivity contribution in [2.45, 2.75) is 25.9 Å². The quantitative estimate of drug-likeness (QED) is 0.513. The maximum Gasteiger partial charge on any atom is 0.456 e. The van der Waals surface area contributed by atoms with Crippen LogP contribution >= 0.6 is 0 Å². The Bertz CT molecular complexity index is 467. The van der Waals surface area contributed by atoms with E-state index in [2.05, 4.69) is 5.16 Å². The molecule has 0 heterocycles. The molecule has 0 saturated heterocycles. The molecule has 0 aliphatic carbocycles. The van der Waals surface area contributed by atoms with Crippen LogP contribution in [0.15, 0.2) is 29.4 Å². The van der Waals surface area contributed by atoms with Crippen LogP contribution in [-0.4, -0.2) is 22.9 Å².